The van der Waals surface area contributed by atoms with Crippen LogP contribution >= 0.6 is 0 Å². The molecule has 6 nitrogen and oxygen atoms in total. The third-order valence-corrected chi connectivity index (χ3v) is 7.83. The van der Waals surface area contributed by atoms with E-state index in [1.165, 1.54) is 12.8 Å². The molecule has 0 radical (unpaired) electrons. The molecule has 0 bridgehead atoms. The second kappa shape index (κ2) is 9.49. The van der Waals surface area contributed by atoms with Crippen LogP contribution in [0.1, 0.15) is 45.4 Å². The van der Waals surface area contributed by atoms with Gasteiger partial charge in [-0.2, -0.15) is 4.31 Å². The first-order valence-electron chi connectivity index (χ1n) is 10.3. The molecule has 0 aromatic heterocycles. The summed E-state index contributed by atoms with van der Waals surface area (Å²) in [4.78, 5) is 13.9. The molecule has 1 atom stereocenters. The number of hydrogen-bond donors (Lipinski definition) is 1. The fourth-order valence-electron chi connectivity index (χ4n) is 4.06. The molecule has 3 rings (SSSR count). The number of carbonyl (C=O) groups is 1. The van der Waals surface area contributed by atoms with Crippen LogP contribution in [-0.2, 0) is 14.8 Å². The maximum absolute atomic E-state index is 13.9. The third kappa shape index (κ3) is 5.32. The molecule has 29 heavy (non-hydrogen) atoms. The summed E-state index contributed by atoms with van der Waals surface area (Å²) in [5, 5.41) is 3.13. The van der Waals surface area contributed by atoms with E-state index < -0.39 is 26.6 Å². The number of halogens is 2. The number of hydrogen-bond acceptors (Lipinski definition) is 4. The lowest BCUT2D eigenvalue weighted by atomic mass is 10.1. The van der Waals surface area contributed by atoms with Gasteiger partial charge in [-0.15, -0.1) is 0 Å². The monoisotopic (exact) mass is 429 g/mol. The lowest BCUT2D eigenvalue weighted by Gasteiger charge is -2.37. The Morgan fingerprint density at radius 2 is 1.69 bits per heavy atom. The van der Waals surface area contributed by atoms with Crippen LogP contribution in [0, 0.1) is 11.6 Å². The summed E-state index contributed by atoms with van der Waals surface area (Å²) in [6.07, 6.45) is 6.70. The van der Waals surface area contributed by atoms with Crippen molar-refractivity contribution in [3.63, 3.8) is 0 Å². The van der Waals surface area contributed by atoms with Crippen molar-refractivity contribution in [2.75, 3.05) is 26.2 Å². The van der Waals surface area contributed by atoms with Crippen molar-refractivity contribution < 1.29 is 22.0 Å². The summed E-state index contributed by atoms with van der Waals surface area (Å²) < 4.78 is 53.9. The van der Waals surface area contributed by atoms with Gasteiger partial charge in [0.2, 0.25) is 15.9 Å². The van der Waals surface area contributed by atoms with E-state index in [2.05, 4.69) is 5.32 Å². The van der Waals surface area contributed by atoms with Gasteiger partial charge in [-0.1, -0.05) is 25.7 Å². The summed E-state index contributed by atoms with van der Waals surface area (Å²) in [5.41, 5.74) is 0. The maximum Gasteiger partial charge on any atom is 0.246 e. The van der Waals surface area contributed by atoms with Gasteiger partial charge in [0.15, 0.2) is 0 Å². The van der Waals surface area contributed by atoms with Crippen LogP contribution in [-0.4, -0.2) is 61.8 Å². The number of benzene rings is 1. The zero-order chi connectivity index (χ0) is 21.0. The molecule has 1 heterocycles. The number of rotatable bonds is 5. The van der Waals surface area contributed by atoms with Crippen LogP contribution in [0.25, 0.3) is 0 Å². The molecule has 1 amide bonds. The fourth-order valence-corrected chi connectivity index (χ4v) is 5.55. The van der Waals surface area contributed by atoms with Crippen molar-refractivity contribution in [1.82, 2.24) is 14.5 Å². The van der Waals surface area contributed by atoms with Crippen molar-refractivity contribution in [1.29, 1.82) is 0 Å². The highest BCUT2D eigenvalue weighted by molar-refractivity contribution is 7.89. The highest BCUT2D eigenvalue weighted by atomic mass is 32.2. The van der Waals surface area contributed by atoms with Crippen molar-refractivity contribution in [2.24, 2.45) is 0 Å². The highest BCUT2D eigenvalue weighted by Crippen LogP contribution is 2.22. The second-order valence-corrected chi connectivity index (χ2v) is 9.79. The summed E-state index contributed by atoms with van der Waals surface area (Å²) in [6.45, 7) is 2.78. The minimum atomic E-state index is -4.12. The van der Waals surface area contributed by atoms with Crippen molar-refractivity contribution in [2.45, 2.75) is 62.4 Å². The number of nitrogens with one attached hydrogen (secondary N) is 1. The number of carbonyl (C=O) groups excluding carboxylic acids is 1. The first-order valence-corrected chi connectivity index (χ1v) is 11.7. The van der Waals surface area contributed by atoms with Crippen LogP contribution in [0.3, 0.4) is 0 Å². The van der Waals surface area contributed by atoms with Gasteiger partial charge in [-0.25, -0.2) is 17.2 Å². The fraction of sp³-hybridized carbons (Fsp3) is 0.650. The molecular formula is C20H29F2N3O3S. The van der Waals surface area contributed by atoms with Gasteiger partial charge in [0.25, 0.3) is 0 Å². The average molecular weight is 430 g/mol. The Hall–Kier alpha value is -1.58. The molecule has 1 saturated carbocycles. The van der Waals surface area contributed by atoms with Crippen LogP contribution in [0.15, 0.2) is 23.1 Å². The molecule has 1 aliphatic heterocycles. The molecule has 1 aromatic rings. The van der Waals surface area contributed by atoms with Crippen LogP contribution in [0.4, 0.5) is 8.78 Å². The quantitative estimate of drug-likeness (QED) is 0.731. The van der Waals surface area contributed by atoms with Gasteiger partial charge < -0.3 is 5.32 Å². The molecule has 2 fully saturated rings. The topological polar surface area (TPSA) is 69.7 Å². The molecule has 162 valence electrons. The van der Waals surface area contributed by atoms with Gasteiger partial charge in [-0.3, -0.25) is 9.69 Å². The number of nitrogens with zero attached hydrogens (tertiary/aromatic N) is 2. The summed E-state index contributed by atoms with van der Waals surface area (Å²) in [6, 6.07) is 2.26. The molecule has 1 aliphatic carbocycles. The number of sulfonamides is 1. The van der Waals surface area contributed by atoms with Crippen molar-refractivity contribution >= 4 is 15.9 Å². The van der Waals surface area contributed by atoms with Crippen LogP contribution < -0.4 is 5.32 Å². The van der Waals surface area contributed by atoms with E-state index in [-0.39, 0.29) is 31.1 Å². The molecule has 0 spiro atoms. The normalized spacial score (nSPS) is 21.5. The first kappa shape index (κ1) is 22.1. The van der Waals surface area contributed by atoms with E-state index in [4.69, 9.17) is 0 Å². The summed E-state index contributed by atoms with van der Waals surface area (Å²) in [7, 11) is -4.12. The SMILES string of the molecule is C[C@@H](C(=O)NC1CCCCCC1)N1CCN(S(=O)(=O)c2cc(F)ccc2F)CC1. The van der Waals surface area contributed by atoms with Crippen molar-refractivity contribution in [3.05, 3.63) is 29.8 Å². The average Bonchev–Trinajstić information content (AvgIpc) is 2.98. The van der Waals surface area contributed by atoms with E-state index in [1.54, 1.807) is 0 Å². The number of amides is 1. The van der Waals surface area contributed by atoms with Gasteiger partial charge in [0.05, 0.1) is 6.04 Å². The molecular weight excluding hydrogens is 400 g/mol. The molecule has 9 heteroatoms. The van der Waals surface area contributed by atoms with Gasteiger partial charge >= 0.3 is 0 Å². The highest BCUT2D eigenvalue weighted by Gasteiger charge is 2.33. The van der Waals surface area contributed by atoms with Gasteiger partial charge in [0, 0.05) is 32.2 Å². The molecule has 1 aromatic carbocycles. The summed E-state index contributed by atoms with van der Waals surface area (Å²) in [5.74, 6) is -1.80. The Balaban J connectivity index is 1.57. The molecule has 2 aliphatic rings. The van der Waals surface area contributed by atoms with E-state index in [0.29, 0.717) is 19.2 Å². The van der Waals surface area contributed by atoms with Crippen LogP contribution in [0.5, 0.6) is 0 Å². The lowest BCUT2D eigenvalue weighted by Crippen LogP contribution is -2.55. The Bertz CT molecular complexity index is 818. The molecule has 0 unspecified atom stereocenters. The van der Waals surface area contributed by atoms with E-state index in [9.17, 15) is 22.0 Å². The second-order valence-electron chi connectivity index (χ2n) is 7.89. The first-order chi connectivity index (χ1) is 13.8. The van der Waals surface area contributed by atoms with Crippen LogP contribution in [0.2, 0.25) is 0 Å². The molecule has 1 N–H and O–H groups in total. The minimum Gasteiger partial charge on any atom is -0.352 e. The van der Waals surface area contributed by atoms with E-state index in [1.807, 2.05) is 11.8 Å². The van der Waals surface area contributed by atoms with E-state index in [0.717, 1.165) is 42.1 Å². The zero-order valence-electron chi connectivity index (χ0n) is 16.7. The smallest absolute Gasteiger partial charge is 0.246 e. The number of piperazine rings is 1. The molecule has 1 saturated heterocycles. The Labute approximate surface area is 171 Å². The summed E-state index contributed by atoms with van der Waals surface area (Å²) >= 11 is 0. The van der Waals surface area contributed by atoms with Gasteiger partial charge in [0.1, 0.15) is 16.5 Å². The standard InChI is InChI=1S/C20H29F2N3O3S/c1-15(20(26)23-17-6-4-2-3-5-7-17)24-10-12-25(13-11-24)29(27,28)19-14-16(21)8-9-18(19)22/h8-9,14-15,17H,2-7,10-13H2,1H3,(H,23,26)/t15-/m0/s1. The lowest BCUT2D eigenvalue weighted by molar-refractivity contribution is -0.127. The maximum atomic E-state index is 13.9. The Morgan fingerprint density at radius 3 is 2.31 bits per heavy atom. The minimum absolute atomic E-state index is 0.0376. The predicted octanol–water partition coefficient (Wildman–Crippen LogP) is 2.50. The Kier molecular flexibility index (Phi) is 7.23. The van der Waals surface area contributed by atoms with E-state index >= 15 is 0 Å². The largest absolute Gasteiger partial charge is 0.352 e. The zero-order valence-corrected chi connectivity index (χ0v) is 17.6. The Morgan fingerprint density at radius 1 is 1.07 bits per heavy atom. The predicted molar refractivity (Wildman–Crippen MR) is 106 cm³/mol. The van der Waals surface area contributed by atoms with Crippen molar-refractivity contribution in [3.8, 4) is 0 Å². The van der Waals surface area contributed by atoms with Gasteiger partial charge in [-0.05, 0) is 38.0 Å². The third-order valence-electron chi connectivity index (χ3n) is 5.91.